The lowest BCUT2D eigenvalue weighted by Crippen LogP contribution is -1.97. The van der Waals surface area contributed by atoms with Gasteiger partial charge < -0.3 is 10.4 Å². The van der Waals surface area contributed by atoms with E-state index in [2.05, 4.69) is 11.9 Å². The van der Waals surface area contributed by atoms with Gasteiger partial charge in [0.15, 0.2) is 0 Å². The molecule has 0 saturated carbocycles. The van der Waals surface area contributed by atoms with E-state index in [4.69, 9.17) is 5.11 Å². The fourth-order valence-corrected chi connectivity index (χ4v) is 1.01. The standard InChI is InChI=1S/C10H13NO/c1-8(2)11-10-6-4-3-5-9(10)7-12/h3-6,11-12H,1,7H2,2H3. The van der Waals surface area contributed by atoms with Crippen LogP contribution < -0.4 is 5.32 Å². The Morgan fingerprint density at radius 3 is 2.75 bits per heavy atom. The molecule has 0 heterocycles. The second kappa shape index (κ2) is 3.93. The first-order valence-corrected chi connectivity index (χ1v) is 3.85. The Labute approximate surface area is 72.5 Å². The van der Waals surface area contributed by atoms with Crippen molar-refractivity contribution in [3.8, 4) is 0 Å². The summed E-state index contributed by atoms with van der Waals surface area (Å²) in [4.78, 5) is 0. The van der Waals surface area contributed by atoms with Crippen molar-refractivity contribution < 1.29 is 5.11 Å². The van der Waals surface area contributed by atoms with E-state index in [0.29, 0.717) is 0 Å². The minimum atomic E-state index is 0.0520. The first kappa shape index (κ1) is 8.81. The zero-order valence-corrected chi connectivity index (χ0v) is 7.17. The zero-order chi connectivity index (χ0) is 8.97. The first-order chi connectivity index (χ1) is 5.74. The summed E-state index contributed by atoms with van der Waals surface area (Å²) in [5, 5.41) is 12.0. The van der Waals surface area contributed by atoms with Gasteiger partial charge in [0.1, 0.15) is 0 Å². The van der Waals surface area contributed by atoms with E-state index in [1.165, 1.54) is 0 Å². The quantitative estimate of drug-likeness (QED) is 0.715. The molecule has 1 rings (SSSR count). The molecule has 2 nitrogen and oxygen atoms in total. The van der Waals surface area contributed by atoms with Crippen LogP contribution in [0.1, 0.15) is 12.5 Å². The molecule has 12 heavy (non-hydrogen) atoms. The normalized spacial score (nSPS) is 9.50. The molecule has 0 aliphatic carbocycles. The van der Waals surface area contributed by atoms with Gasteiger partial charge in [0.2, 0.25) is 0 Å². The second-order valence-electron chi connectivity index (χ2n) is 2.72. The van der Waals surface area contributed by atoms with Crippen molar-refractivity contribution in [2.24, 2.45) is 0 Å². The van der Waals surface area contributed by atoms with Gasteiger partial charge in [-0.25, -0.2) is 0 Å². The number of aliphatic hydroxyl groups is 1. The van der Waals surface area contributed by atoms with E-state index in [9.17, 15) is 0 Å². The summed E-state index contributed by atoms with van der Waals surface area (Å²) in [5.74, 6) is 0. The Bertz CT molecular complexity index is 281. The predicted molar refractivity (Wildman–Crippen MR) is 50.8 cm³/mol. The van der Waals surface area contributed by atoms with Crippen LogP contribution in [0.4, 0.5) is 5.69 Å². The predicted octanol–water partition coefficient (Wildman–Crippen LogP) is 2.12. The Morgan fingerprint density at radius 2 is 2.17 bits per heavy atom. The van der Waals surface area contributed by atoms with E-state index in [1.807, 2.05) is 31.2 Å². The lowest BCUT2D eigenvalue weighted by atomic mass is 10.2. The molecule has 1 aromatic carbocycles. The smallest absolute Gasteiger partial charge is 0.0702 e. The third-order valence-corrected chi connectivity index (χ3v) is 1.54. The Morgan fingerprint density at radius 1 is 1.50 bits per heavy atom. The summed E-state index contributed by atoms with van der Waals surface area (Å²) in [6, 6.07) is 7.62. The monoisotopic (exact) mass is 163 g/mol. The Balaban J connectivity index is 2.89. The highest BCUT2D eigenvalue weighted by atomic mass is 16.3. The molecular formula is C10H13NO. The summed E-state index contributed by atoms with van der Waals surface area (Å²) in [5.41, 5.74) is 2.68. The van der Waals surface area contributed by atoms with Gasteiger partial charge in [-0.1, -0.05) is 24.8 Å². The maximum atomic E-state index is 8.96. The molecule has 2 N–H and O–H groups in total. The summed E-state index contributed by atoms with van der Waals surface area (Å²) < 4.78 is 0. The molecule has 0 aliphatic heterocycles. The molecule has 0 unspecified atom stereocenters. The number of aliphatic hydroxyl groups excluding tert-OH is 1. The first-order valence-electron chi connectivity index (χ1n) is 3.85. The van der Waals surface area contributed by atoms with Crippen LogP contribution in [0.25, 0.3) is 0 Å². The molecule has 64 valence electrons. The average molecular weight is 163 g/mol. The van der Waals surface area contributed by atoms with Gasteiger partial charge in [0.05, 0.1) is 6.61 Å². The van der Waals surface area contributed by atoms with Gasteiger partial charge >= 0.3 is 0 Å². The van der Waals surface area contributed by atoms with Crippen LogP contribution in [-0.2, 0) is 6.61 Å². The summed E-state index contributed by atoms with van der Waals surface area (Å²) >= 11 is 0. The Hall–Kier alpha value is -1.28. The van der Waals surface area contributed by atoms with E-state index in [1.54, 1.807) is 0 Å². The fraction of sp³-hybridized carbons (Fsp3) is 0.200. The summed E-state index contributed by atoms with van der Waals surface area (Å²) in [6.45, 7) is 5.67. The van der Waals surface area contributed by atoms with Crippen LogP contribution >= 0.6 is 0 Å². The van der Waals surface area contributed by atoms with Gasteiger partial charge in [-0.3, -0.25) is 0 Å². The summed E-state index contributed by atoms with van der Waals surface area (Å²) in [6.07, 6.45) is 0. The zero-order valence-electron chi connectivity index (χ0n) is 7.17. The second-order valence-corrected chi connectivity index (χ2v) is 2.72. The van der Waals surface area contributed by atoms with Crippen LogP contribution in [0.3, 0.4) is 0 Å². The van der Waals surface area contributed by atoms with Crippen molar-refractivity contribution in [2.75, 3.05) is 5.32 Å². The van der Waals surface area contributed by atoms with Gasteiger partial charge in [-0.05, 0) is 13.0 Å². The molecule has 0 bridgehead atoms. The number of para-hydroxylation sites is 1. The van der Waals surface area contributed by atoms with E-state index in [-0.39, 0.29) is 6.61 Å². The lowest BCUT2D eigenvalue weighted by Gasteiger charge is -2.08. The molecule has 0 aromatic heterocycles. The highest BCUT2D eigenvalue weighted by molar-refractivity contribution is 5.53. The third-order valence-electron chi connectivity index (χ3n) is 1.54. The minimum absolute atomic E-state index is 0.0520. The van der Waals surface area contributed by atoms with Crippen LogP contribution in [0, 0.1) is 0 Å². The molecule has 0 spiro atoms. The topological polar surface area (TPSA) is 32.3 Å². The number of anilines is 1. The number of allylic oxidation sites excluding steroid dienone is 1. The van der Waals surface area contributed by atoms with Crippen molar-refractivity contribution in [1.82, 2.24) is 0 Å². The van der Waals surface area contributed by atoms with Crippen molar-refractivity contribution in [1.29, 1.82) is 0 Å². The highest BCUT2D eigenvalue weighted by Crippen LogP contribution is 2.15. The van der Waals surface area contributed by atoms with Crippen molar-refractivity contribution in [2.45, 2.75) is 13.5 Å². The molecule has 0 fully saturated rings. The molecule has 0 aliphatic rings. The largest absolute Gasteiger partial charge is 0.392 e. The summed E-state index contributed by atoms with van der Waals surface area (Å²) in [7, 11) is 0. The number of nitrogens with one attached hydrogen (secondary N) is 1. The van der Waals surface area contributed by atoms with Crippen molar-refractivity contribution >= 4 is 5.69 Å². The maximum absolute atomic E-state index is 8.96. The highest BCUT2D eigenvalue weighted by Gasteiger charge is 1.97. The van der Waals surface area contributed by atoms with Gasteiger partial charge in [0.25, 0.3) is 0 Å². The molecule has 0 atom stereocenters. The van der Waals surface area contributed by atoms with Crippen molar-refractivity contribution in [3.05, 3.63) is 42.1 Å². The SMILES string of the molecule is C=C(C)Nc1ccccc1CO. The number of benzene rings is 1. The average Bonchev–Trinajstić information content (AvgIpc) is 2.04. The van der Waals surface area contributed by atoms with Crippen LogP contribution in [0.2, 0.25) is 0 Å². The molecule has 1 aromatic rings. The van der Waals surface area contributed by atoms with E-state index >= 15 is 0 Å². The minimum Gasteiger partial charge on any atom is -0.392 e. The molecule has 0 amide bonds. The van der Waals surface area contributed by atoms with Crippen LogP contribution in [0.15, 0.2) is 36.5 Å². The Kier molecular flexibility index (Phi) is 2.88. The van der Waals surface area contributed by atoms with Gasteiger partial charge in [-0.2, -0.15) is 0 Å². The molecule has 2 heteroatoms. The molecule has 0 radical (unpaired) electrons. The van der Waals surface area contributed by atoms with Crippen molar-refractivity contribution in [3.63, 3.8) is 0 Å². The maximum Gasteiger partial charge on any atom is 0.0702 e. The van der Waals surface area contributed by atoms with Crippen LogP contribution in [0.5, 0.6) is 0 Å². The van der Waals surface area contributed by atoms with Gasteiger partial charge in [-0.15, -0.1) is 0 Å². The van der Waals surface area contributed by atoms with Gasteiger partial charge in [0, 0.05) is 16.9 Å². The molecule has 0 saturated heterocycles. The lowest BCUT2D eigenvalue weighted by molar-refractivity contribution is 0.282. The number of hydrogen-bond acceptors (Lipinski definition) is 2. The number of hydrogen-bond donors (Lipinski definition) is 2. The third kappa shape index (κ3) is 2.10. The van der Waals surface area contributed by atoms with Crippen LogP contribution in [-0.4, -0.2) is 5.11 Å². The van der Waals surface area contributed by atoms with E-state index < -0.39 is 0 Å². The van der Waals surface area contributed by atoms with E-state index in [0.717, 1.165) is 16.9 Å². The molecular weight excluding hydrogens is 150 g/mol. The fourth-order valence-electron chi connectivity index (χ4n) is 1.01. The number of rotatable bonds is 3.